The van der Waals surface area contributed by atoms with Gasteiger partial charge in [-0.3, -0.25) is 0 Å². The standard InChI is InChI=1S/C9H7FO3/c10-6-4-2-1-3-5(6)7-8(13-7)9(11)12/h1-4,7-8H,(H,11,12)/t7-,8+/m0/s1. The predicted molar refractivity (Wildman–Crippen MR) is 41.6 cm³/mol. The third kappa shape index (κ3) is 1.40. The number of epoxide rings is 1. The minimum Gasteiger partial charge on any atom is -0.479 e. The van der Waals surface area contributed by atoms with E-state index in [9.17, 15) is 9.18 Å². The molecule has 0 aromatic heterocycles. The summed E-state index contributed by atoms with van der Waals surface area (Å²) in [4.78, 5) is 10.4. The molecule has 0 spiro atoms. The molecule has 1 fully saturated rings. The summed E-state index contributed by atoms with van der Waals surface area (Å²) in [6, 6.07) is 6.02. The first-order valence-electron chi connectivity index (χ1n) is 3.83. The molecule has 1 N–H and O–H groups in total. The molecule has 3 nitrogen and oxygen atoms in total. The van der Waals surface area contributed by atoms with Crippen molar-refractivity contribution < 1.29 is 19.0 Å². The topological polar surface area (TPSA) is 49.8 Å². The van der Waals surface area contributed by atoms with Crippen LogP contribution in [0, 0.1) is 5.82 Å². The van der Waals surface area contributed by atoms with E-state index in [1.807, 2.05) is 0 Å². The van der Waals surface area contributed by atoms with E-state index in [0.29, 0.717) is 5.56 Å². The van der Waals surface area contributed by atoms with E-state index in [4.69, 9.17) is 9.84 Å². The fourth-order valence-electron chi connectivity index (χ4n) is 1.24. The predicted octanol–water partition coefficient (Wildman–Crippen LogP) is 1.35. The third-order valence-electron chi connectivity index (χ3n) is 1.95. The highest BCUT2D eigenvalue weighted by Gasteiger charge is 2.47. The van der Waals surface area contributed by atoms with Crippen molar-refractivity contribution >= 4 is 5.97 Å². The minimum absolute atomic E-state index is 0.315. The lowest BCUT2D eigenvalue weighted by molar-refractivity contribution is -0.138. The van der Waals surface area contributed by atoms with E-state index in [2.05, 4.69) is 0 Å². The van der Waals surface area contributed by atoms with Crippen molar-refractivity contribution in [2.45, 2.75) is 12.2 Å². The first kappa shape index (κ1) is 8.19. The number of aliphatic carboxylic acids is 1. The fraction of sp³-hybridized carbons (Fsp3) is 0.222. The zero-order chi connectivity index (χ0) is 9.42. The summed E-state index contributed by atoms with van der Waals surface area (Å²) in [6.45, 7) is 0. The zero-order valence-corrected chi connectivity index (χ0v) is 6.61. The van der Waals surface area contributed by atoms with Crippen molar-refractivity contribution in [1.29, 1.82) is 0 Å². The lowest BCUT2D eigenvalue weighted by Gasteiger charge is -1.95. The summed E-state index contributed by atoms with van der Waals surface area (Å²) in [7, 11) is 0. The zero-order valence-electron chi connectivity index (χ0n) is 6.61. The highest BCUT2D eigenvalue weighted by molar-refractivity contribution is 5.76. The first-order chi connectivity index (χ1) is 6.20. The van der Waals surface area contributed by atoms with Gasteiger partial charge >= 0.3 is 5.97 Å². The molecule has 1 aromatic carbocycles. The molecule has 2 rings (SSSR count). The average Bonchev–Trinajstić information content (AvgIpc) is 2.84. The molecule has 1 aromatic rings. The fourth-order valence-corrected chi connectivity index (χ4v) is 1.24. The Morgan fingerprint density at radius 2 is 2.15 bits per heavy atom. The van der Waals surface area contributed by atoms with Gasteiger partial charge in [-0.25, -0.2) is 9.18 Å². The van der Waals surface area contributed by atoms with Gasteiger partial charge in [-0.1, -0.05) is 18.2 Å². The van der Waals surface area contributed by atoms with Gasteiger partial charge in [0.15, 0.2) is 6.10 Å². The van der Waals surface area contributed by atoms with Crippen LogP contribution in [0.2, 0.25) is 0 Å². The van der Waals surface area contributed by atoms with Gasteiger partial charge < -0.3 is 9.84 Å². The lowest BCUT2D eigenvalue weighted by atomic mass is 10.1. The Kier molecular flexibility index (Phi) is 1.77. The van der Waals surface area contributed by atoms with Gasteiger partial charge in [-0.05, 0) is 6.07 Å². The summed E-state index contributed by atoms with van der Waals surface area (Å²) in [5, 5.41) is 8.53. The second kappa shape index (κ2) is 2.81. The second-order valence-electron chi connectivity index (χ2n) is 2.84. The number of halogens is 1. The van der Waals surface area contributed by atoms with Crippen LogP contribution in [-0.2, 0) is 9.53 Å². The molecule has 2 atom stereocenters. The first-order valence-corrected chi connectivity index (χ1v) is 3.83. The van der Waals surface area contributed by atoms with E-state index in [1.165, 1.54) is 12.1 Å². The number of ether oxygens (including phenoxy) is 1. The van der Waals surface area contributed by atoms with Gasteiger partial charge in [0.1, 0.15) is 11.9 Å². The Bertz CT molecular complexity index is 350. The van der Waals surface area contributed by atoms with Crippen LogP contribution in [0.3, 0.4) is 0 Å². The van der Waals surface area contributed by atoms with E-state index in [0.717, 1.165) is 0 Å². The van der Waals surface area contributed by atoms with Crippen LogP contribution in [0.15, 0.2) is 24.3 Å². The number of benzene rings is 1. The molecule has 0 amide bonds. The van der Waals surface area contributed by atoms with Crippen molar-refractivity contribution in [3.8, 4) is 0 Å². The number of hydrogen-bond donors (Lipinski definition) is 1. The molecular weight excluding hydrogens is 175 g/mol. The molecule has 13 heavy (non-hydrogen) atoms. The summed E-state index contributed by atoms with van der Waals surface area (Å²) in [5.41, 5.74) is 0.315. The van der Waals surface area contributed by atoms with Gasteiger partial charge in [-0.2, -0.15) is 0 Å². The molecule has 0 saturated carbocycles. The highest BCUT2D eigenvalue weighted by Crippen LogP contribution is 2.39. The molecule has 0 radical (unpaired) electrons. The molecule has 4 heteroatoms. The van der Waals surface area contributed by atoms with Crippen LogP contribution in [-0.4, -0.2) is 17.2 Å². The number of carboxylic acid groups (broad SMARTS) is 1. The molecule has 0 bridgehead atoms. The number of rotatable bonds is 2. The van der Waals surface area contributed by atoms with Crippen molar-refractivity contribution in [1.82, 2.24) is 0 Å². The molecule has 1 saturated heterocycles. The van der Waals surface area contributed by atoms with Crippen LogP contribution < -0.4 is 0 Å². The maximum Gasteiger partial charge on any atom is 0.335 e. The third-order valence-corrected chi connectivity index (χ3v) is 1.95. The summed E-state index contributed by atoms with van der Waals surface area (Å²) in [6.07, 6.45) is -1.49. The van der Waals surface area contributed by atoms with Crippen LogP contribution >= 0.6 is 0 Å². The van der Waals surface area contributed by atoms with Crippen LogP contribution in [0.25, 0.3) is 0 Å². The molecule has 1 heterocycles. The van der Waals surface area contributed by atoms with Crippen LogP contribution in [0.5, 0.6) is 0 Å². The number of carbonyl (C=O) groups is 1. The Morgan fingerprint density at radius 1 is 1.46 bits per heavy atom. The Balaban J connectivity index is 2.21. The van der Waals surface area contributed by atoms with Crippen molar-refractivity contribution in [3.63, 3.8) is 0 Å². The molecule has 1 aliphatic rings. The second-order valence-corrected chi connectivity index (χ2v) is 2.84. The Hall–Kier alpha value is -1.42. The Morgan fingerprint density at radius 3 is 2.69 bits per heavy atom. The average molecular weight is 182 g/mol. The van der Waals surface area contributed by atoms with Gasteiger partial charge in [-0.15, -0.1) is 0 Å². The molecule has 1 aliphatic heterocycles. The summed E-state index contributed by atoms with van der Waals surface area (Å²) in [5.74, 6) is -1.47. The Labute approximate surface area is 73.8 Å². The maximum absolute atomic E-state index is 13.0. The normalized spacial score (nSPS) is 25.6. The number of carboxylic acids is 1. The highest BCUT2D eigenvalue weighted by atomic mass is 19.1. The molecule has 68 valence electrons. The van der Waals surface area contributed by atoms with E-state index in [1.54, 1.807) is 12.1 Å². The van der Waals surface area contributed by atoms with Gasteiger partial charge in [0.2, 0.25) is 0 Å². The van der Waals surface area contributed by atoms with Crippen LogP contribution in [0.4, 0.5) is 4.39 Å². The van der Waals surface area contributed by atoms with Crippen molar-refractivity contribution in [3.05, 3.63) is 35.6 Å². The lowest BCUT2D eigenvalue weighted by Crippen LogP contribution is -2.05. The van der Waals surface area contributed by atoms with E-state index >= 15 is 0 Å². The largest absolute Gasteiger partial charge is 0.479 e. The SMILES string of the molecule is O=C(O)[C@@H]1O[C@H]1c1ccccc1F. The molecule has 0 aliphatic carbocycles. The minimum atomic E-state index is -1.05. The smallest absolute Gasteiger partial charge is 0.335 e. The van der Waals surface area contributed by atoms with Crippen molar-refractivity contribution in [2.24, 2.45) is 0 Å². The summed E-state index contributed by atoms with van der Waals surface area (Å²) >= 11 is 0. The van der Waals surface area contributed by atoms with Crippen molar-refractivity contribution in [2.75, 3.05) is 0 Å². The van der Waals surface area contributed by atoms with Gasteiger partial charge in [0.05, 0.1) is 0 Å². The van der Waals surface area contributed by atoms with Crippen LogP contribution in [0.1, 0.15) is 11.7 Å². The van der Waals surface area contributed by atoms with Gasteiger partial charge in [0, 0.05) is 5.56 Å². The monoisotopic (exact) mass is 182 g/mol. The van der Waals surface area contributed by atoms with E-state index in [-0.39, 0.29) is 0 Å². The quantitative estimate of drug-likeness (QED) is 0.702. The van der Waals surface area contributed by atoms with E-state index < -0.39 is 24.0 Å². The van der Waals surface area contributed by atoms with Gasteiger partial charge in [0.25, 0.3) is 0 Å². The number of hydrogen-bond acceptors (Lipinski definition) is 2. The maximum atomic E-state index is 13.0. The summed E-state index contributed by atoms with van der Waals surface area (Å²) < 4.78 is 17.8. The molecule has 0 unspecified atom stereocenters. The molecular formula is C9H7FO3.